The average molecular weight is 311 g/mol. The number of ether oxygens (including phenoxy) is 1. The lowest BCUT2D eigenvalue weighted by atomic mass is 10.3. The Morgan fingerprint density at radius 1 is 1.44 bits per heavy atom. The maximum Gasteiger partial charge on any atom is 0.121 e. The summed E-state index contributed by atoms with van der Waals surface area (Å²) in [6, 6.07) is 5.74. The third kappa shape index (κ3) is 2.88. The summed E-state index contributed by atoms with van der Waals surface area (Å²) in [6.45, 7) is 3.69. The van der Waals surface area contributed by atoms with Gasteiger partial charge in [0.05, 0.1) is 24.7 Å². The predicted octanol–water partition coefficient (Wildman–Crippen LogP) is 2.15. The number of methoxy groups -OCH3 is 1. The molecule has 0 spiro atoms. The first-order chi connectivity index (χ1) is 8.74. The first kappa shape index (κ1) is 13.0. The van der Waals surface area contributed by atoms with Crippen LogP contribution in [-0.2, 0) is 6.54 Å². The Labute approximate surface area is 114 Å². The molecule has 0 amide bonds. The normalized spacial score (nSPS) is 10.6. The van der Waals surface area contributed by atoms with E-state index in [1.54, 1.807) is 11.8 Å². The zero-order valence-corrected chi connectivity index (χ0v) is 11.9. The molecule has 1 N–H and O–H groups in total. The van der Waals surface area contributed by atoms with Crippen molar-refractivity contribution in [3.8, 4) is 11.4 Å². The third-order valence-corrected chi connectivity index (χ3v) is 3.17. The van der Waals surface area contributed by atoms with Gasteiger partial charge in [-0.2, -0.15) is 0 Å². The Balaban J connectivity index is 2.27. The number of nitrogens with one attached hydrogen (secondary N) is 1. The smallest absolute Gasteiger partial charge is 0.121 e. The Morgan fingerprint density at radius 3 is 3.00 bits per heavy atom. The predicted molar refractivity (Wildman–Crippen MR) is 73.0 cm³/mol. The van der Waals surface area contributed by atoms with Crippen LogP contribution in [0.25, 0.3) is 5.69 Å². The highest BCUT2D eigenvalue weighted by Gasteiger charge is 2.07. The summed E-state index contributed by atoms with van der Waals surface area (Å²) < 4.78 is 7.89. The Morgan fingerprint density at radius 2 is 2.28 bits per heavy atom. The van der Waals surface area contributed by atoms with Crippen LogP contribution in [0.3, 0.4) is 0 Å². The Kier molecular flexibility index (Phi) is 4.33. The van der Waals surface area contributed by atoms with E-state index in [1.807, 2.05) is 24.4 Å². The molecule has 2 rings (SSSR count). The quantitative estimate of drug-likeness (QED) is 0.919. The third-order valence-electron chi connectivity index (χ3n) is 2.50. The van der Waals surface area contributed by atoms with Gasteiger partial charge in [0.2, 0.25) is 0 Å². The van der Waals surface area contributed by atoms with Crippen LogP contribution < -0.4 is 10.1 Å². The van der Waals surface area contributed by atoms with E-state index in [2.05, 4.69) is 38.5 Å². The molecule has 0 atom stereocenters. The van der Waals surface area contributed by atoms with Crippen molar-refractivity contribution in [3.05, 3.63) is 34.6 Å². The molecule has 96 valence electrons. The highest BCUT2D eigenvalue weighted by atomic mass is 79.9. The molecule has 0 fully saturated rings. The zero-order valence-electron chi connectivity index (χ0n) is 10.4. The first-order valence-electron chi connectivity index (χ1n) is 5.70. The van der Waals surface area contributed by atoms with Crippen molar-refractivity contribution in [3.63, 3.8) is 0 Å². The molecular weight excluding hydrogens is 296 g/mol. The van der Waals surface area contributed by atoms with E-state index in [0.29, 0.717) is 0 Å². The van der Waals surface area contributed by atoms with E-state index >= 15 is 0 Å². The summed E-state index contributed by atoms with van der Waals surface area (Å²) in [6.07, 6.45) is 1.90. The summed E-state index contributed by atoms with van der Waals surface area (Å²) in [5.74, 6) is 0.789. The Hall–Kier alpha value is -1.40. The number of rotatable bonds is 5. The van der Waals surface area contributed by atoms with E-state index in [0.717, 1.165) is 34.7 Å². The summed E-state index contributed by atoms with van der Waals surface area (Å²) in [7, 11) is 1.64. The standard InChI is InChI=1S/C12H15BrN4O/c1-3-14-7-9-8-17(16-15-9)12-6-10(18-2)4-5-11(12)13/h4-6,8,14H,3,7H2,1-2H3. The number of hydrogen-bond acceptors (Lipinski definition) is 4. The molecular formula is C12H15BrN4O. The molecule has 0 aliphatic heterocycles. The molecule has 0 aliphatic rings. The number of nitrogens with zero attached hydrogens (tertiary/aromatic N) is 3. The lowest BCUT2D eigenvalue weighted by Crippen LogP contribution is -2.11. The molecule has 0 saturated heterocycles. The van der Waals surface area contributed by atoms with Crippen LogP contribution in [0.15, 0.2) is 28.9 Å². The van der Waals surface area contributed by atoms with E-state index < -0.39 is 0 Å². The molecule has 1 aromatic heterocycles. The van der Waals surface area contributed by atoms with Gasteiger partial charge in [-0.25, -0.2) is 4.68 Å². The molecule has 0 aliphatic carbocycles. The largest absolute Gasteiger partial charge is 0.497 e. The molecule has 6 heteroatoms. The highest BCUT2D eigenvalue weighted by molar-refractivity contribution is 9.10. The summed E-state index contributed by atoms with van der Waals surface area (Å²) >= 11 is 3.50. The minimum atomic E-state index is 0.720. The van der Waals surface area contributed by atoms with Crippen LogP contribution in [0.5, 0.6) is 5.75 Å². The van der Waals surface area contributed by atoms with Gasteiger partial charge in [0, 0.05) is 17.1 Å². The maximum absolute atomic E-state index is 5.21. The number of halogens is 1. The monoisotopic (exact) mass is 310 g/mol. The van der Waals surface area contributed by atoms with Gasteiger partial charge in [0.15, 0.2) is 0 Å². The molecule has 1 aromatic carbocycles. The fraction of sp³-hybridized carbons (Fsp3) is 0.333. The van der Waals surface area contributed by atoms with Crippen molar-refractivity contribution in [1.29, 1.82) is 0 Å². The van der Waals surface area contributed by atoms with Gasteiger partial charge in [0.1, 0.15) is 5.75 Å². The van der Waals surface area contributed by atoms with E-state index in [9.17, 15) is 0 Å². The molecule has 0 saturated carbocycles. The summed E-state index contributed by atoms with van der Waals surface area (Å²) in [5.41, 5.74) is 1.82. The number of aromatic nitrogens is 3. The minimum Gasteiger partial charge on any atom is -0.497 e. The van der Waals surface area contributed by atoms with Crippen LogP contribution >= 0.6 is 15.9 Å². The maximum atomic E-state index is 5.21. The van der Waals surface area contributed by atoms with Gasteiger partial charge in [0.25, 0.3) is 0 Å². The van der Waals surface area contributed by atoms with Crippen LogP contribution in [0, 0.1) is 0 Å². The van der Waals surface area contributed by atoms with Crippen LogP contribution in [0.2, 0.25) is 0 Å². The van der Waals surface area contributed by atoms with Crippen molar-refractivity contribution >= 4 is 15.9 Å². The van der Waals surface area contributed by atoms with Crippen LogP contribution in [0.4, 0.5) is 0 Å². The summed E-state index contributed by atoms with van der Waals surface area (Å²) in [5, 5.41) is 11.4. The highest BCUT2D eigenvalue weighted by Crippen LogP contribution is 2.25. The first-order valence-corrected chi connectivity index (χ1v) is 6.49. The fourth-order valence-electron chi connectivity index (χ4n) is 1.55. The zero-order chi connectivity index (χ0) is 13.0. The fourth-order valence-corrected chi connectivity index (χ4v) is 1.97. The lowest BCUT2D eigenvalue weighted by Gasteiger charge is -2.06. The van der Waals surface area contributed by atoms with Gasteiger partial charge >= 0.3 is 0 Å². The van der Waals surface area contributed by atoms with Crippen LogP contribution in [-0.4, -0.2) is 28.6 Å². The molecule has 0 unspecified atom stereocenters. The molecule has 18 heavy (non-hydrogen) atoms. The SMILES string of the molecule is CCNCc1cn(-c2cc(OC)ccc2Br)nn1. The lowest BCUT2D eigenvalue weighted by molar-refractivity contribution is 0.414. The van der Waals surface area contributed by atoms with Crippen molar-refractivity contribution in [2.75, 3.05) is 13.7 Å². The summed E-state index contributed by atoms with van der Waals surface area (Å²) in [4.78, 5) is 0. The van der Waals surface area contributed by atoms with Crippen molar-refractivity contribution < 1.29 is 4.74 Å². The van der Waals surface area contributed by atoms with E-state index in [-0.39, 0.29) is 0 Å². The second-order valence-electron chi connectivity index (χ2n) is 3.75. The number of benzene rings is 1. The van der Waals surface area contributed by atoms with Gasteiger partial charge in [-0.05, 0) is 34.6 Å². The average Bonchev–Trinajstić information content (AvgIpc) is 2.85. The van der Waals surface area contributed by atoms with E-state index in [1.165, 1.54) is 0 Å². The van der Waals surface area contributed by atoms with Crippen LogP contribution in [0.1, 0.15) is 12.6 Å². The van der Waals surface area contributed by atoms with Gasteiger partial charge in [-0.3, -0.25) is 0 Å². The van der Waals surface area contributed by atoms with Crippen molar-refractivity contribution in [2.24, 2.45) is 0 Å². The van der Waals surface area contributed by atoms with E-state index in [4.69, 9.17) is 4.74 Å². The molecule has 0 radical (unpaired) electrons. The van der Waals surface area contributed by atoms with Gasteiger partial charge in [-0.1, -0.05) is 12.1 Å². The molecule has 0 bridgehead atoms. The second kappa shape index (κ2) is 5.97. The molecule has 2 aromatic rings. The van der Waals surface area contributed by atoms with Crippen molar-refractivity contribution in [1.82, 2.24) is 20.3 Å². The second-order valence-corrected chi connectivity index (χ2v) is 4.61. The minimum absolute atomic E-state index is 0.720. The molecule has 1 heterocycles. The van der Waals surface area contributed by atoms with Crippen molar-refractivity contribution in [2.45, 2.75) is 13.5 Å². The van der Waals surface area contributed by atoms with Gasteiger partial charge < -0.3 is 10.1 Å². The number of hydrogen-bond donors (Lipinski definition) is 1. The topological polar surface area (TPSA) is 52.0 Å². The van der Waals surface area contributed by atoms with Gasteiger partial charge in [-0.15, -0.1) is 5.10 Å². The Bertz CT molecular complexity index is 527. The molecule has 5 nitrogen and oxygen atoms in total.